The van der Waals surface area contributed by atoms with Crippen LogP contribution in [0.5, 0.6) is 5.75 Å². The van der Waals surface area contributed by atoms with Gasteiger partial charge in [0.2, 0.25) is 0 Å². The van der Waals surface area contributed by atoms with Crippen molar-refractivity contribution < 1.29 is 9.53 Å². The van der Waals surface area contributed by atoms with E-state index in [9.17, 15) is 4.79 Å². The van der Waals surface area contributed by atoms with Gasteiger partial charge in [-0.1, -0.05) is 49.7 Å². The van der Waals surface area contributed by atoms with Gasteiger partial charge in [-0.25, -0.2) is 0 Å². The van der Waals surface area contributed by atoms with Crippen molar-refractivity contribution >= 4 is 17.5 Å². The summed E-state index contributed by atoms with van der Waals surface area (Å²) in [6.45, 7) is 6.96. The largest absolute Gasteiger partial charge is 0.484 e. The van der Waals surface area contributed by atoms with E-state index in [1.807, 2.05) is 13.0 Å². The summed E-state index contributed by atoms with van der Waals surface area (Å²) in [7, 11) is 0. The van der Waals surface area contributed by atoms with Crippen LogP contribution in [-0.4, -0.2) is 19.1 Å². The van der Waals surface area contributed by atoms with Gasteiger partial charge in [0.25, 0.3) is 5.91 Å². The molecule has 0 heterocycles. The van der Waals surface area contributed by atoms with Gasteiger partial charge in [0.05, 0.1) is 0 Å². The van der Waals surface area contributed by atoms with Crippen LogP contribution in [0, 0.1) is 6.92 Å². The Balaban J connectivity index is 1.65. The molecule has 2 aromatic carbocycles. The molecule has 0 radical (unpaired) electrons. The molecule has 0 saturated heterocycles. The number of benzene rings is 2. The maximum Gasteiger partial charge on any atom is 0.257 e. The molecular weight excluding hydrogens is 334 g/mol. The standard InChI is InChI=1S/C21H26ClNO2/c1-15(2)18-8-6-17(7-9-18)5-4-12-23-21(24)14-25-19-10-11-20(22)16(3)13-19/h6-11,13,15H,4-5,12,14H2,1-3H3,(H,23,24). The minimum absolute atomic E-state index is 0.0180. The Morgan fingerprint density at radius 2 is 1.88 bits per heavy atom. The van der Waals surface area contributed by atoms with Crippen molar-refractivity contribution in [2.24, 2.45) is 0 Å². The first-order valence-corrected chi connectivity index (χ1v) is 9.08. The number of carbonyl (C=O) groups excluding carboxylic acids is 1. The Labute approximate surface area is 155 Å². The van der Waals surface area contributed by atoms with Crippen LogP contribution in [-0.2, 0) is 11.2 Å². The van der Waals surface area contributed by atoms with E-state index >= 15 is 0 Å². The predicted octanol–water partition coefficient (Wildman–Crippen LogP) is 4.90. The molecule has 0 spiro atoms. The molecule has 0 bridgehead atoms. The van der Waals surface area contributed by atoms with E-state index in [1.54, 1.807) is 12.1 Å². The molecule has 0 unspecified atom stereocenters. The zero-order chi connectivity index (χ0) is 18.2. The summed E-state index contributed by atoms with van der Waals surface area (Å²) in [4.78, 5) is 11.8. The van der Waals surface area contributed by atoms with Crippen molar-refractivity contribution in [3.63, 3.8) is 0 Å². The Morgan fingerprint density at radius 3 is 2.52 bits per heavy atom. The first-order chi connectivity index (χ1) is 12.0. The molecule has 134 valence electrons. The highest BCUT2D eigenvalue weighted by atomic mass is 35.5. The number of nitrogens with one attached hydrogen (secondary N) is 1. The molecule has 3 nitrogen and oxygen atoms in total. The summed E-state index contributed by atoms with van der Waals surface area (Å²) in [5, 5.41) is 3.58. The number of amides is 1. The molecule has 0 aliphatic rings. The Kier molecular flexibility index (Phi) is 7.32. The second-order valence-corrected chi connectivity index (χ2v) is 6.96. The minimum Gasteiger partial charge on any atom is -0.484 e. The van der Waals surface area contributed by atoms with E-state index in [4.69, 9.17) is 16.3 Å². The van der Waals surface area contributed by atoms with Crippen molar-refractivity contribution in [3.8, 4) is 5.75 Å². The van der Waals surface area contributed by atoms with Crippen molar-refractivity contribution in [1.29, 1.82) is 0 Å². The molecule has 0 fully saturated rings. The number of rotatable bonds is 8. The first kappa shape index (κ1) is 19.3. The summed E-state index contributed by atoms with van der Waals surface area (Å²) in [5.41, 5.74) is 3.58. The lowest BCUT2D eigenvalue weighted by molar-refractivity contribution is -0.123. The SMILES string of the molecule is Cc1cc(OCC(=O)NCCCc2ccc(C(C)C)cc2)ccc1Cl. The average molecular weight is 360 g/mol. The third-order valence-electron chi connectivity index (χ3n) is 4.11. The Morgan fingerprint density at radius 1 is 1.16 bits per heavy atom. The summed E-state index contributed by atoms with van der Waals surface area (Å²) >= 11 is 5.97. The highest BCUT2D eigenvalue weighted by Gasteiger charge is 2.04. The number of halogens is 1. The van der Waals surface area contributed by atoms with Gasteiger partial charge in [-0.3, -0.25) is 4.79 Å². The topological polar surface area (TPSA) is 38.3 Å². The fourth-order valence-corrected chi connectivity index (χ4v) is 2.61. The second-order valence-electron chi connectivity index (χ2n) is 6.55. The fraction of sp³-hybridized carbons (Fsp3) is 0.381. The Bertz CT molecular complexity index is 696. The number of ether oxygens (including phenoxy) is 1. The molecule has 25 heavy (non-hydrogen) atoms. The minimum atomic E-state index is -0.109. The monoisotopic (exact) mass is 359 g/mol. The van der Waals surface area contributed by atoms with E-state index in [2.05, 4.69) is 43.4 Å². The van der Waals surface area contributed by atoms with Gasteiger partial charge >= 0.3 is 0 Å². The number of hydrogen-bond donors (Lipinski definition) is 1. The van der Waals surface area contributed by atoms with Gasteiger partial charge in [-0.15, -0.1) is 0 Å². The molecule has 1 amide bonds. The van der Waals surface area contributed by atoms with E-state index in [0.29, 0.717) is 23.2 Å². The first-order valence-electron chi connectivity index (χ1n) is 8.70. The lowest BCUT2D eigenvalue weighted by Gasteiger charge is -2.09. The van der Waals surface area contributed by atoms with Crippen molar-refractivity contribution in [3.05, 3.63) is 64.2 Å². The third-order valence-corrected chi connectivity index (χ3v) is 4.53. The highest BCUT2D eigenvalue weighted by Crippen LogP contribution is 2.20. The van der Waals surface area contributed by atoms with Crippen LogP contribution in [0.1, 0.15) is 42.9 Å². The van der Waals surface area contributed by atoms with Gasteiger partial charge in [-0.2, -0.15) is 0 Å². The molecule has 0 atom stereocenters. The lowest BCUT2D eigenvalue weighted by Crippen LogP contribution is -2.29. The molecule has 4 heteroatoms. The molecule has 0 saturated carbocycles. The second kappa shape index (κ2) is 9.47. The lowest BCUT2D eigenvalue weighted by atomic mass is 10.0. The van der Waals surface area contributed by atoms with Crippen molar-refractivity contribution in [1.82, 2.24) is 5.32 Å². The quantitative estimate of drug-likeness (QED) is 0.681. The summed E-state index contributed by atoms with van der Waals surface area (Å²) < 4.78 is 5.48. The van der Waals surface area contributed by atoms with E-state index < -0.39 is 0 Å². The molecule has 1 N–H and O–H groups in total. The van der Waals surface area contributed by atoms with Gasteiger partial charge in [0.1, 0.15) is 5.75 Å². The van der Waals surface area contributed by atoms with Crippen LogP contribution in [0.3, 0.4) is 0 Å². The van der Waals surface area contributed by atoms with Crippen molar-refractivity contribution in [2.45, 2.75) is 39.5 Å². The maximum atomic E-state index is 11.8. The van der Waals surface area contributed by atoms with Gasteiger partial charge in [0.15, 0.2) is 6.61 Å². The molecular formula is C21H26ClNO2. The fourth-order valence-electron chi connectivity index (χ4n) is 2.50. The number of carbonyl (C=O) groups is 1. The molecule has 0 aliphatic heterocycles. The van der Waals surface area contributed by atoms with Crippen molar-refractivity contribution in [2.75, 3.05) is 13.2 Å². The highest BCUT2D eigenvalue weighted by molar-refractivity contribution is 6.31. The predicted molar refractivity (Wildman–Crippen MR) is 104 cm³/mol. The summed E-state index contributed by atoms with van der Waals surface area (Å²) in [6, 6.07) is 14.1. The van der Waals surface area contributed by atoms with Gasteiger partial charge in [-0.05, 0) is 60.6 Å². The van der Waals surface area contributed by atoms with Crippen LogP contribution in [0.2, 0.25) is 5.02 Å². The third kappa shape index (κ3) is 6.43. The van der Waals surface area contributed by atoms with Crippen LogP contribution in [0.25, 0.3) is 0 Å². The Hall–Kier alpha value is -2.00. The summed E-state index contributed by atoms with van der Waals surface area (Å²) in [6.07, 6.45) is 1.86. The van der Waals surface area contributed by atoms with Crippen LogP contribution in [0.15, 0.2) is 42.5 Å². The summed E-state index contributed by atoms with van der Waals surface area (Å²) in [5.74, 6) is 1.10. The van der Waals surface area contributed by atoms with Gasteiger partial charge < -0.3 is 10.1 Å². The molecule has 2 aromatic rings. The zero-order valence-corrected chi connectivity index (χ0v) is 15.9. The average Bonchev–Trinajstić information content (AvgIpc) is 2.60. The zero-order valence-electron chi connectivity index (χ0n) is 15.1. The molecule has 0 aromatic heterocycles. The van der Waals surface area contributed by atoms with E-state index in [1.165, 1.54) is 11.1 Å². The number of hydrogen-bond acceptors (Lipinski definition) is 2. The molecule has 0 aliphatic carbocycles. The van der Waals surface area contributed by atoms with Crippen LogP contribution < -0.4 is 10.1 Å². The van der Waals surface area contributed by atoms with E-state index in [-0.39, 0.29) is 12.5 Å². The van der Waals surface area contributed by atoms with E-state index in [0.717, 1.165) is 18.4 Å². The smallest absolute Gasteiger partial charge is 0.257 e. The van der Waals surface area contributed by atoms with Crippen LogP contribution in [0.4, 0.5) is 0 Å². The number of aryl methyl sites for hydroxylation is 2. The van der Waals surface area contributed by atoms with Gasteiger partial charge in [0, 0.05) is 11.6 Å². The maximum absolute atomic E-state index is 11.8. The normalized spacial score (nSPS) is 10.8. The van der Waals surface area contributed by atoms with Crippen LogP contribution >= 0.6 is 11.6 Å². The molecule has 2 rings (SSSR count).